The number of hydrogen-bond donors (Lipinski definition) is 0. The van der Waals surface area contributed by atoms with E-state index in [0.29, 0.717) is 19.4 Å². The number of nitrogens with zero attached hydrogens (tertiary/aromatic N) is 3. The van der Waals surface area contributed by atoms with Gasteiger partial charge in [0.15, 0.2) is 0 Å². The van der Waals surface area contributed by atoms with E-state index in [4.69, 9.17) is 9.47 Å². The fourth-order valence-electron chi connectivity index (χ4n) is 5.19. The molecule has 0 N–H and O–H groups in total. The third-order valence-corrected chi connectivity index (χ3v) is 10.2. The van der Waals surface area contributed by atoms with Gasteiger partial charge in [0.2, 0.25) is 10.0 Å². The van der Waals surface area contributed by atoms with E-state index in [0.717, 1.165) is 37.2 Å². The Hall–Kier alpha value is -2.96. The number of carbonyl (C=O) groups is 2. The average molecular weight is 650 g/mol. The third-order valence-electron chi connectivity index (χ3n) is 7.70. The van der Waals surface area contributed by atoms with E-state index in [-0.39, 0.29) is 42.4 Å². The maximum absolute atomic E-state index is 13.2. The number of esters is 1. The van der Waals surface area contributed by atoms with Crippen LogP contribution in [0.15, 0.2) is 82.4 Å². The summed E-state index contributed by atoms with van der Waals surface area (Å²) >= 11 is 1.61. The van der Waals surface area contributed by atoms with Crippen LogP contribution >= 0.6 is 23.7 Å². The van der Waals surface area contributed by atoms with Crippen LogP contribution in [0.4, 0.5) is 4.79 Å². The van der Waals surface area contributed by atoms with Gasteiger partial charge in [-0.1, -0.05) is 48.5 Å². The zero-order chi connectivity index (χ0) is 30.0. The second-order valence-electron chi connectivity index (χ2n) is 10.5. The molecule has 1 amide bonds. The first-order chi connectivity index (χ1) is 20.3. The Morgan fingerprint density at radius 2 is 1.67 bits per heavy atom. The van der Waals surface area contributed by atoms with E-state index in [2.05, 4.69) is 16.3 Å². The summed E-state index contributed by atoms with van der Waals surface area (Å²) in [6.07, 6.45) is 1.66. The van der Waals surface area contributed by atoms with E-state index in [9.17, 15) is 18.0 Å². The molecule has 4 rings (SSSR count). The number of methoxy groups -OCH3 is 1. The predicted octanol–water partition coefficient (Wildman–Crippen LogP) is 5.24. The fourth-order valence-corrected chi connectivity index (χ4v) is 7.17. The summed E-state index contributed by atoms with van der Waals surface area (Å²) in [6, 6.07) is 19.9. The molecule has 0 aliphatic carbocycles. The number of benzene rings is 2. The highest BCUT2D eigenvalue weighted by Gasteiger charge is 2.31. The molecule has 0 saturated carbocycles. The summed E-state index contributed by atoms with van der Waals surface area (Å²) in [7, 11) is -0.643. The molecule has 0 radical (unpaired) electrons. The molecule has 1 aliphatic heterocycles. The van der Waals surface area contributed by atoms with E-state index in [1.54, 1.807) is 48.7 Å². The van der Waals surface area contributed by atoms with Crippen molar-refractivity contribution in [2.75, 3.05) is 46.9 Å². The van der Waals surface area contributed by atoms with Crippen molar-refractivity contribution in [3.8, 4) is 0 Å². The molecule has 1 aliphatic rings. The van der Waals surface area contributed by atoms with Gasteiger partial charge in [0, 0.05) is 32.7 Å². The molecule has 1 aromatic heterocycles. The van der Waals surface area contributed by atoms with Gasteiger partial charge in [-0.2, -0.15) is 11.3 Å². The normalized spacial score (nSPS) is 15.0. The summed E-state index contributed by atoms with van der Waals surface area (Å²) in [6.45, 7) is 2.66. The summed E-state index contributed by atoms with van der Waals surface area (Å²) in [5, 5.41) is 4.11. The molecular formula is C31H40ClN3O6S2. The number of ether oxygens (including phenoxy) is 2. The summed E-state index contributed by atoms with van der Waals surface area (Å²) in [5.74, 6) is -0.441. The first-order valence-corrected chi connectivity index (χ1v) is 16.5. The maximum Gasteiger partial charge on any atom is 0.410 e. The van der Waals surface area contributed by atoms with Crippen molar-refractivity contribution in [1.82, 2.24) is 14.1 Å². The molecule has 1 saturated heterocycles. The Morgan fingerprint density at radius 1 is 1.02 bits per heavy atom. The molecule has 0 bridgehead atoms. The van der Waals surface area contributed by atoms with Crippen molar-refractivity contribution in [3.05, 3.63) is 88.6 Å². The van der Waals surface area contributed by atoms with Crippen molar-refractivity contribution < 1.29 is 27.5 Å². The number of sulfonamides is 1. The number of likely N-dealkylation sites (tertiary alicyclic amines) is 1. The summed E-state index contributed by atoms with van der Waals surface area (Å²) in [5.41, 5.74) is 2.01. The van der Waals surface area contributed by atoms with Gasteiger partial charge in [-0.15, -0.1) is 12.4 Å². The number of halogens is 1. The van der Waals surface area contributed by atoms with Gasteiger partial charge < -0.3 is 14.4 Å². The molecule has 1 atom stereocenters. The molecule has 12 heteroatoms. The second-order valence-corrected chi connectivity index (χ2v) is 13.3. The molecular weight excluding hydrogens is 610 g/mol. The minimum Gasteiger partial charge on any atom is -0.468 e. The van der Waals surface area contributed by atoms with Crippen LogP contribution in [0.5, 0.6) is 0 Å². The smallest absolute Gasteiger partial charge is 0.410 e. The van der Waals surface area contributed by atoms with Gasteiger partial charge >= 0.3 is 12.1 Å². The van der Waals surface area contributed by atoms with E-state index in [1.807, 2.05) is 35.7 Å². The van der Waals surface area contributed by atoms with Gasteiger partial charge in [-0.05, 0) is 71.8 Å². The van der Waals surface area contributed by atoms with Gasteiger partial charge in [-0.25, -0.2) is 17.5 Å². The van der Waals surface area contributed by atoms with Crippen LogP contribution in [0.2, 0.25) is 0 Å². The topological polar surface area (TPSA) is 96.5 Å². The van der Waals surface area contributed by atoms with Crippen molar-refractivity contribution >= 4 is 45.8 Å². The van der Waals surface area contributed by atoms with Crippen LogP contribution in [0, 0.1) is 0 Å². The Kier molecular flexibility index (Phi) is 13.5. The largest absolute Gasteiger partial charge is 0.468 e. The van der Waals surface area contributed by atoms with Gasteiger partial charge in [0.1, 0.15) is 13.2 Å². The fraction of sp³-hybridized carbons (Fsp3) is 0.419. The van der Waals surface area contributed by atoms with Gasteiger partial charge in [0.25, 0.3) is 0 Å². The second kappa shape index (κ2) is 16.8. The van der Waals surface area contributed by atoms with Gasteiger partial charge in [-0.3, -0.25) is 9.69 Å². The number of piperidine rings is 1. The zero-order valence-electron chi connectivity index (χ0n) is 24.5. The van der Waals surface area contributed by atoms with Crippen LogP contribution < -0.4 is 0 Å². The number of hydrogen-bond acceptors (Lipinski definition) is 8. The van der Waals surface area contributed by atoms with Crippen LogP contribution in [0.25, 0.3) is 0 Å². The highest BCUT2D eigenvalue weighted by molar-refractivity contribution is 7.89. The number of amides is 1. The predicted molar refractivity (Wildman–Crippen MR) is 170 cm³/mol. The van der Waals surface area contributed by atoms with Gasteiger partial charge in [0.05, 0.1) is 12.0 Å². The van der Waals surface area contributed by atoms with Crippen molar-refractivity contribution in [2.45, 2.75) is 42.7 Å². The van der Waals surface area contributed by atoms with E-state index >= 15 is 0 Å². The molecule has 2 aromatic carbocycles. The number of thiophene rings is 1. The molecule has 0 unspecified atom stereocenters. The number of likely N-dealkylation sites (N-methyl/N-ethyl adjacent to an activating group) is 1. The molecule has 43 heavy (non-hydrogen) atoms. The van der Waals surface area contributed by atoms with Crippen molar-refractivity contribution in [2.24, 2.45) is 0 Å². The Morgan fingerprint density at radius 3 is 2.28 bits per heavy atom. The molecule has 9 nitrogen and oxygen atoms in total. The lowest BCUT2D eigenvalue weighted by atomic mass is 9.97. The Labute approximate surface area is 264 Å². The molecule has 2 heterocycles. The lowest BCUT2D eigenvalue weighted by Gasteiger charge is -2.38. The van der Waals surface area contributed by atoms with Crippen LogP contribution in [0.1, 0.15) is 36.3 Å². The minimum atomic E-state index is -3.59. The van der Waals surface area contributed by atoms with Crippen molar-refractivity contribution in [1.29, 1.82) is 0 Å². The highest BCUT2D eigenvalue weighted by Crippen LogP contribution is 2.27. The lowest BCUT2D eigenvalue weighted by molar-refractivity contribution is -0.142. The average Bonchev–Trinajstić information content (AvgIpc) is 3.57. The standard InChI is InChI=1S/C31H39N3O6S2.ClH/c1-32(42(37,38)29-11-7-4-8-12-29)21-26(27-16-20-41-24-27)13-17-33-18-14-28(15-19-33)34(22-30(35)39-2)31(36)40-23-25-9-5-3-6-10-25;/h3-12,16,20,24,26,28H,13-15,17-19,21-23H2,1-2H3;1H/t26-;/m1./s1. The Bertz CT molecular complexity index is 1370. The highest BCUT2D eigenvalue weighted by atomic mass is 35.5. The van der Waals surface area contributed by atoms with Crippen molar-refractivity contribution in [3.63, 3.8) is 0 Å². The quantitative estimate of drug-likeness (QED) is 0.234. The molecule has 234 valence electrons. The molecule has 0 spiro atoms. The number of rotatable bonds is 13. The summed E-state index contributed by atoms with van der Waals surface area (Å²) in [4.78, 5) is 29.2. The van der Waals surface area contributed by atoms with E-state index < -0.39 is 22.1 Å². The van der Waals surface area contributed by atoms with Crippen LogP contribution in [-0.4, -0.2) is 87.5 Å². The van der Waals surface area contributed by atoms with Crippen LogP contribution in [0.3, 0.4) is 0 Å². The first-order valence-electron chi connectivity index (χ1n) is 14.1. The minimum absolute atomic E-state index is 0. The number of carbonyl (C=O) groups excluding carboxylic acids is 2. The third kappa shape index (κ3) is 9.77. The molecule has 3 aromatic rings. The lowest BCUT2D eigenvalue weighted by Crippen LogP contribution is -2.49. The molecule has 1 fully saturated rings. The maximum atomic E-state index is 13.2. The Balaban J connectivity index is 0.00000506. The summed E-state index contributed by atoms with van der Waals surface area (Å²) < 4.78 is 38.2. The monoisotopic (exact) mass is 649 g/mol. The van der Waals surface area contributed by atoms with E-state index in [1.165, 1.54) is 16.3 Å². The SMILES string of the molecule is COC(=O)CN(C(=O)OCc1ccccc1)C1CCN(CC[C@H](CN(C)S(=O)(=O)c2ccccc2)c2ccsc2)CC1.Cl. The first kappa shape index (κ1) is 34.5. The van der Waals surface area contributed by atoms with Crippen LogP contribution in [-0.2, 0) is 30.9 Å². The zero-order valence-corrected chi connectivity index (χ0v) is 27.0.